The summed E-state index contributed by atoms with van der Waals surface area (Å²) in [6.07, 6.45) is 1.98. The average molecular weight is 362 g/mol. The molecule has 0 saturated carbocycles. The van der Waals surface area contributed by atoms with Crippen LogP contribution in [0.1, 0.15) is 34.0 Å². The van der Waals surface area contributed by atoms with Crippen molar-refractivity contribution in [1.82, 2.24) is 4.90 Å². The number of hydrogen-bond acceptors (Lipinski definition) is 3. The van der Waals surface area contributed by atoms with Gasteiger partial charge in [0.1, 0.15) is 5.75 Å². The van der Waals surface area contributed by atoms with Gasteiger partial charge in [-0.05, 0) is 51.7 Å². The van der Waals surface area contributed by atoms with Crippen molar-refractivity contribution in [1.29, 1.82) is 0 Å². The Bertz CT molecular complexity index is 724. The third-order valence-electron chi connectivity index (χ3n) is 4.44. The van der Waals surface area contributed by atoms with Gasteiger partial charge in [-0.1, -0.05) is 12.1 Å². The molecule has 5 heteroatoms. The number of nitrogens with zero attached hydrogens (tertiary/aromatic N) is 1. The summed E-state index contributed by atoms with van der Waals surface area (Å²) in [7, 11) is 0. The van der Waals surface area contributed by atoms with E-state index in [1.807, 2.05) is 4.90 Å². The number of benzene rings is 1. The Hall–Kier alpha value is -1.75. The standard InChI is InChI=1S/C17H16BrNO3/c18-16-4-3-15(22-16)17(20)19-7-5-13(10-19)11-1-2-14-12(9-11)6-8-21-14/h1-4,9,13H,5-8,10H2/t13-/m1/s1. The second kappa shape index (κ2) is 5.47. The van der Waals surface area contributed by atoms with Crippen molar-refractivity contribution in [2.75, 3.05) is 19.7 Å². The Morgan fingerprint density at radius 1 is 1.27 bits per heavy atom. The molecule has 1 amide bonds. The smallest absolute Gasteiger partial charge is 0.289 e. The molecular formula is C17H16BrNO3. The lowest BCUT2D eigenvalue weighted by Crippen LogP contribution is -2.28. The van der Waals surface area contributed by atoms with E-state index in [9.17, 15) is 4.79 Å². The zero-order chi connectivity index (χ0) is 15.1. The van der Waals surface area contributed by atoms with Crippen LogP contribution in [0.25, 0.3) is 0 Å². The number of amides is 1. The fourth-order valence-electron chi connectivity index (χ4n) is 3.26. The van der Waals surface area contributed by atoms with Gasteiger partial charge in [-0.2, -0.15) is 0 Å². The number of hydrogen-bond donors (Lipinski definition) is 0. The second-order valence-electron chi connectivity index (χ2n) is 5.81. The minimum Gasteiger partial charge on any atom is -0.493 e. The van der Waals surface area contributed by atoms with Crippen molar-refractivity contribution < 1.29 is 13.9 Å². The van der Waals surface area contributed by atoms with Crippen molar-refractivity contribution in [3.63, 3.8) is 0 Å². The normalized spacial score (nSPS) is 20.0. The molecule has 2 aliphatic rings. The predicted molar refractivity (Wildman–Crippen MR) is 85.3 cm³/mol. The van der Waals surface area contributed by atoms with E-state index in [0.29, 0.717) is 16.3 Å². The molecule has 0 N–H and O–H groups in total. The summed E-state index contributed by atoms with van der Waals surface area (Å²) >= 11 is 3.24. The van der Waals surface area contributed by atoms with Crippen LogP contribution in [0.15, 0.2) is 39.4 Å². The summed E-state index contributed by atoms with van der Waals surface area (Å²) in [6, 6.07) is 9.90. The van der Waals surface area contributed by atoms with Crippen LogP contribution < -0.4 is 4.74 Å². The molecular weight excluding hydrogens is 346 g/mol. The molecule has 0 bridgehead atoms. The first-order chi connectivity index (χ1) is 10.7. The van der Waals surface area contributed by atoms with Crippen LogP contribution in [0.4, 0.5) is 0 Å². The Balaban J connectivity index is 1.49. The molecule has 114 valence electrons. The maximum absolute atomic E-state index is 12.4. The Labute approximate surface area is 137 Å². The van der Waals surface area contributed by atoms with Crippen LogP contribution in [-0.2, 0) is 6.42 Å². The first-order valence-corrected chi connectivity index (χ1v) is 8.30. The van der Waals surface area contributed by atoms with Gasteiger partial charge >= 0.3 is 0 Å². The highest BCUT2D eigenvalue weighted by Gasteiger charge is 2.30. The number of rotatable bonds is 2. The molecule has 22 heavy (non-hydrogen) atoms. The van der Waals surface area contributed by atoms with E-state index in [-0.39, 0.29) is 5.91 Å². The molecule has 1 fully saturated rings. The highest BCUT2D eigenvalue weighted by Crippen LogP contribution is 2.33. The molecule has 1 aromatic heterocycles. The molecule has 1 aromatic carbocycles. The first-order valence-electron chi connectivity index (χ1n) is 7.51. The topological polar surface area (TPSA) is 42.7 Å². The summed E-state index contributed by atoms with van der Waals surface area (Å²) in [5.74, 6) is 1.77. The first kappa shape index (κ1) is 13.9. The average Bonchev–Trinajstić information content (AvgIpc) is 3.25. The fourth-order valence-corrected chi connectivity index (χ4v) is 3.57. The van der Waals surface area contributed by atoms with Gasteiger partial charge in [-0.15, -0.1) is 0 Å². The molecule has 0 aliphatic carbocycles. The van der Waals surface area contributed by atoms with Crippen molar-refractivity contribution in [3.8, 4) is 5.75 Å². The zero-order valence-corrected chi connectivity index (χ0v) is 13.6. The minimum atomic E-state index is -0.0299. The molecule has 4 nitrogen and oxygen atoms in total. The van der Waals surface area contributed by atoms with E-state index in [1.54, 1.807) is 12.1 Å². The quantitative estimate of drug-likeness (QED) is 0.820. The Morgan fingerprint density at radius 3 is 3.00 bits per heavy atom. The summed E-state index contributed by atoms with van der Waals surface area (Å²) in [5, 5.41) is 0. The predicted octanol–water partition coefficient (Wildman–Crippen LogP) is 3.61. The molecule has 2 aromatic rings. The van der Waals surface area contributed by atoms with Gasteiger partial charge in [-0.25, -0.2) is 0 Å². The SMILES string of the molecule is O=C(c1ccc(Br)o1)N1CC[C@@H](c2ccc3c(c2)CCO3)C1. The molecule has 0 unspecified atom stereocenters. The van der Waals surface area contributed by atoms with Gasteiger partial charge in [0.05, 0.1) is 6.61 Å². The molecule has 0 spiro atoms. The monoisotopic (exact) mass is 361 g/mol. The van der Waals surface area contributed by atoms with Crippen molar-refractivity contribution in [3.05, 3.63) is 51.9 Å². The van der Waals surface area contributed by atoms with E-state index in [1.165, 1.54) is 11.1 Å². The van der Waals surface area contributed by atoms with Crippen molar-refractivity contribution >= 4 is 21.8 Å². The highest BCUT2D eigenvalue weighted by atomic mass is 79.9. The minimum absolute atomic E-state index is 0.0299. The van der Waals surface area contributed by atoms with Gasteiger partial charge in [0.15, 0.2) is 10.4 Å². The second-order valence-corrected chi connectivity index (χ2v) is 6.59. The highest BCUT2D eigenvalue weighted by molar-refractivity contribution is 9.10. The van der Waals surface area contributed by atoms with E-state index in [0.717, 1.165) is 38.3 Å². The molecule has 1 saturated heterocycles. The molecule has 2 aliphatic heterocycles. The fraction of sp³-hybridized carbons (Fsp3) is 0.353. The van der Waals surface area contributed by atoms with Gasteiger partial charge in [0.2, 0.25) is 0 Å². The number of carbonyl (C=O) groups excluding carboxylic acids is 1. The number of furan rings is 1. The number of carbonyl (C=O) groups is 1. The number of likely N-dealkylation sites (tertiary alicyclic amines) is 1. The summed E-state index contributed by atoms with van der Waals surface area (Å²) in [6.45, 7) is 2.30. The Morgan fingerprint density at radius 2 is 2.18 bits per heavy atom. The molecule has 3 heterocycles. The van der Waals surface area contributed by atoms with E-state index >= 15 is 0 Å². The summed E-state index contributed by atoms with van der Waals surface area (Å²) in [4.78, 5) is 14.3. The van der Waals surface area contributed by atoms with Crippen LogP contribution in [0.3, 0.4) is 0 Å². The molecule has 1 atom stereocenters. The third kappa shape index (κ3) is 2.43. The van der Waals surface area contributed by atoms with Gasteiger partial charge in [0, 0.05) is 25.4 Å². The van der Waals surface area contributed by atoms with E-state index in [4.69, 9.17) is 9.15 Å². The summed E-state index contributed by atoms with van der Waals surface area (Å²) < 4.78 is 11.5. The number of halogens is 1. The van der Waals surface area contributed by atoms with Gasteiger partial charge in [0.25, 0.3) is 5.91 Å². The Kier molecular flexibility index (Phi) is 3.45. The van der Waals surface area contributed by atoms with Crippen LogP contribution in [0.2, 0.25) is 0 Å². The van der Waals surface area contributed by atoms with Crippen molar-refractivity contribution in [2.45, 2.75) is 18.8 Å². The van der Waals surface area contributed by atoms with Crippen LogP contribution in [-0.4, -0.2) is 30.5 Å². The van der Waals surface area contributed by atoms with Crippen LogP contribution in [0.5, 0.6) is 5.75 Å². The summed E-state index contributed by atoms with van der Waals surface area (Å²) in [5.41, 5.74) is 2.59. The lowest BCUT2D eigenvalue weighted by Gasteiger charge is -2.15. The van der Waals surface area contributed by atoms with Crippen molar-refractivity contribution in [2.24, 2.45) is 0 Å². The van der Waals surface area contributed by atoms with Gasteiger partial charge < -0.3 is 14.1 Å². The largest absolute Gasteiger partial charge is 0.493 e. The third-order valence-corrected chi connectivity index (χ3v) is 4.87. The number of fused-ring (bicyclic) bond motifs is 1. The maximum atomic E-state index is 12.4. The van der Waals surface area contributed by atoms with Crippen LogP contribution >= 0.6 is 15.9 Å². The van der Waals surface area contributed by atoms with E-state index in [2.05, 4.69) is 34.1 Å². The van der Waals surface area contributed by atoms with Crippen LogP contribution in [0, 0.1) is 0 Å². The molecule has 0 radical (unpaired) electrons. The lowest BCUT2D eigenvalue weighted by atomic mass is 9.96. The maximum Gasteiger partial charge on any atom is 0.289 e. The van der Waals surface area contributed by atoms with Gasteiger partial charge in [-0.3, -0.25) is 4.79 Å². The lowest BCUT2D eigenvalue weighted by molar-refractivity contribution is 0.0758. The van der Waals surface area contributed by atoms with E-state index < -0.39 is 0 Å². The molecule has 4 rings (SSSR count). The zero-order valence-electron chi connectivity index (χ0n) is 12.0. The number of ether oxygens (including phenoxy) is 1.